The largest absolute Gasteiger partial charge is 0.478 e. The summed E-state index contributed by atoms with van der Waals surface area (Å²) in [4.78, 5) is 49.0. The Morgan fingerprint density at radius 2 is 1.70 bits per heavy atom. The van der Waals surface area contributed by atoms with Gasteiger partial charge in [-0.3, -0.25) is 19.4 Å². The molecule has 0 unspecified atom stereocenters. The fourth-order valence-electron chi connectivity index (χ4n) is 2.55. The molecule has 1 saturated heterocycles. The molecule has 1 aliphatic rings. The molecule has 8 nitrogen and oxygen atoms in total. The smallest absolute Gasteiger partial charge is 0.337 e. The van der Waals surface area contributed by atoms with Crippen LogP contribution in [0.5, 0.6) is 0 Å². The molecule has 2 heterocycles. The lowest BCUT2D eigenvalue weighted by Crippen LogP contribution is -2.52. The van der Waals surface area contributed by atoms with Gasteiger partial charge in [-0.25, -0.2) is 9.59 Å². The molecule has 138 valence electrons. The van der Waals surface area contributed by atoms with E-state index >= 15 is 0 Å². The van der Waals surface area contributed by atoms with Crippen molar-refractivity contribution in [3.8, 4) is 11.3 Å². The van der Waals surface area contributed by atoms with Gasteiger partial charge in [0.05, 0.1) is 10.6 Å². The topological polar surface area (TPSA) is 108 Å². The molecule has 0 aliphatic carbocycles. The van der Waals surface area contributed by atoms with Crippen LogP contribution in [0.25, 0.3) is 17.4 Å². The number of aromatic carboxylic acids is 1. The summed E-state index contributed by atoms with van der Waals surface area (Å²) in [5, 5.41) is 9.24. The number of amides is 4. The first kappa shape index (κ1) is 18.4. The number of carbonyl (C=O) groups is 4. The molecule has 1 fully saturated rings. The molecule has 1 N–H and O–H groups in total. The van der Waals surface area contributed by atoms with E-state index in [0.717, 1.165) is 9.80 Å². The lowest BCUT2D eigenvalue weighted by Gasteiger charge is -2.28. The zero-order valence-electron chi connectivity index (χ0n) is 14.2. The maximum atomic E-state index is 12.2. The van der Waals surface area contributed by atoms with Crippen molar-refractivity contribution in [1.29, 1.82) is 0 Å². The number of likely N-dealkylation sites (N-methyl/N-ethyl adjacent to an activating group) is 2. The Balaban J connectivity index is 1.97. The van der Waals surface area contributed by atoms with Crippen LogP contribution in [0.1, 0.15) is 16.1 Å². The average Bonchev–Trinajstić information content (AvgIpc) is 3.11. The quantitative estimate of drug-likeness (QED) is 0.639. The number of carboxylic acids is 1. The zero-order valence-corrected chi connectivity index (χ0v) is 15.0. The number of nitrogens with zero attached hydrogens (tertiary/aromatic N) is 2. The highest BCUT2D eigenvalue weighted by Gasteiger charge is 2.38. The van der Waals surface area contributed by atoms with Gasteiger partial charge in [-0.15, -0.1) is 0 Å². The second-order valence-electron chi connectivity index (χ2n) is 5.77. The van der Waals surface area contributed by atoms with Crippen molar-refractivity contribution in [1.82, 2.24) is 9.80 Å². The van der Waals surface area contributed by atoms with Crippen LogP contribution in [0.15, 0.2) is 40.3 Å². The number of furan rings is 1. The number of hydrogen-bond donors (Lipinski definition) is 1. The maximum absolute atomic E-state index is 12.2. The SMILES string of the molecule is CN1C(=O)C(=Cc2ccc(-c3ccc(Cl)c(C(=O)O)c3)o2)C(=O)N(C)C1=O. The Kier molecular flexibility index (Phi) is 4.59. The van der Waals surface area contributed by atoms with Gasteiger partial charge in [0, 0.05) is 19.7 Å². The average molecular weight is 389 g/mol. The summed E-state index contributed by atoms with van der Waals surface area (Å²) in [6, 6.07) is 6.75. The molecule has 3 rings (SSSR count). The highest BCUT2D eigenvalue weighted by atomic mass is 35.5. The molecule has 1 aromatic carbocycles. The van der Waals surface area contributed by atoms with Gasteiger partial charge in [0.25, 0.3) is 11.8 Å². The summed E-state index contributed by atoms with van der Waals surface area (Å²) in [6.45, 7) is 0. The molecule has 9 heteroatoms. The van der Waals surface area contributed by atoms with E-state index in [9.17, 15) is 19.2 Å². The van der Waals surface area contributed by atoms with Crippen LogP contribution in [0, 0.1) is 0 Å². The molecular formula is C18H13ClN2O6. The lowest BCUT2D eigenvalue weighted by molar-refractivity contribution is -0.134. The molecule has 0 atom stereocenters. The van der Waals surface area contributed by atoms with Crippen LogP contribution >= 0.6 is 11.6 Å². The van der Waals surface area contributed by atoms with Gasteiger partial charge >= 0.3 is 12.0 Å². The zero-order chi connectivity index (χ0) is 19.9. The van der Waals surface area contributed by atoms with E-state index in [4.69, 9.17) is 21.1 Å². The van der Waals surface area contributed by atoms with E-state index in [2.05, 4.69) is 0 Å². The number of carbonyl (C=O) groups excluding carboxylic acids is 3. The van der Waals surface area contributed by atoms with E-state index < -0.39 is 23.8 Å². The molecule has 0 bridgehead atoms. The molecule has 2 aromatic rings. The van der Waals surface area contributed by atoms with Crippen molar-refractivity contribution in [2.24, 2.45) is 0 Å². The Morgan fingerprint density at radius 1 is 1.07 bits per heavy atom. The standard InChI is InChI=1S/C18H13ClN2O6/c1-20-15(22)12(16(23)21(2)18(20)26)8-10-4-6-14(27-10)9-3-5-13(19)11(7-9)17(24)25/h3-8H,1-2H3,(H,24,25). The fourth-order valence-corrected chi connectivity index (χ4v) is 2.74. The first-order valence-corrected chi connectivity index (χ1v) is 8.03. The molecule has 4 amide bonds. The van der Waals surface area contributed by atoms with Crippen molar-refractivity contribution in [3.63, 3.8) is 0 Å². The predicted octanol–water partition coefficient (Wildman–Crippen LogP) is 2.73. The second kappa shape index (κ2) is 6.73. The number of benzene rings is 1. The predicted molar refractivity (Wildman–Crippen MR) is 95.0 cm³/mol. The second-order valence-corrected chi connectivity index (χ2v) is 6.18. The van der Waals surface area contributed by atoms with Crippen molar-refractivity contribution in [2.45, 2.75) is 0 Å². The molecule has 1 aromatic heterocycles. The Hall–Kier alpha value is -3.39. The molecular weight excluding hydrogens is 376 g/mol. The van der Waals surface area contributed by atoms with Crippen molar-refractivity contribution in [2.75, 3.05) is 14.1 Å². The van der Waals surface area contributed by atoms with Crippen molar-refractivity contribution in [3.05, 3.63) is 52.3 Å². The van der Waals surface area contributed by atoms with Gasteiger partial charge in [-0.1, -0.05) is 11.6 Å². The molecule has 27 heavy (non-hydrogen) atoms. The fraction of sp³-hybridized carbons (Fsp3) is 0.111. The van der Waals surface area contributed by atoms with E-state index in [1.165, 1.54) is 38.4 Å². The summed E-state index contributed by atoms with van der Waals surface area (Å²) in [5.74, 6) is -2.12. The van der Waals surface area contributed by atoms with E-state index in [0.29, 0.717) is 11.3 Å². The highest BCUT2D eigenvalue weighted by Crippen LogP contribution is 2.28. The van der Waals surface area contributed by atoms with E-state index in [-0.39, 0.29) is 21.9 Å². The van der Waals surface area contributed by atoms with Crippen LogP contribution in [0.4, 0.5) is 4.79 Å². The monoisotopic (exact) mass is 388 g/mol. The molecule has 0 radical (unpaired) electrons. The lowest BCUT2D eigenvalue weighted by atomic mass is 10.1. The number of imide groups is 2. The molecule has 0 spiro atoms. The summed E-state index contributed by atoms with van der Waals surface area (Å²) >= 11 is 5.85. The number of hydrogen-bond acceptors (Lipinski definition) is 5. The van der Waals surface area contributed by atoms with Crippen LogP contribution in [-0.4, -0.2) is 52.8 Å². The van der Waals surface area contributed by atoms with Gasteiger partial charge in [-0.2, -0.15) is 0 Å². The number of barbiturate groups is 1. The minimum absolute atomic E-state index is 0.0788. The van der Waals surface area contributed by atoms with E-state index in [1.807, 2.05) is 0 Å². The third-order valence-electron chi connectivity index (χ3n) is 4.04. The van der Waals surface area contributed by atoms with Crippen LogP contribution < -0.4 is 0 Å². The number of urea groups is 1. The molecule has 1 aliphatic heterocycles. The third kappa shape index (κ3) is 3.22. The summed E-state index contributed by atoms with van der Waals surface area (Å²) in [5.41, 5.74) is 0.167. The third-order valence-corrected chi connectivity index (χ3v) is 4.37. The summed E-state index contributed by atoms with van der Waals surface area (Å²) < 4.78 is 5.60. The number of carboxylic acid groups (broad SMARTS) is 1. The van der Waals surface area contributed by atoms with Gasteiger partial charge in [0.1, 0.15) is 17.1 Å². The number of halogens is 1. The summed E-state index contributed by atoms with van der Waals surface area (Å²) in [6.07, 6.45) is 1.24. The normalized spacial score (nSPS) is 14.8. The first-order chi connectivity index (χ1) is 12.7. The Bertz CT molecular complexity index is 997. The van der Waals surface area contributed by atoms with Gasteiger partial charge in [0.2, 0.25) is 0 Å². The van der Waals surface area contributed by atoms with E-state index in [1.54, 1.807) is 12.1 Å². The maximum Gasteiger partial charge on any atom is 0.337 e. The van der Waals surface area contributed by atoms with Gasteiger partial charge in [-0.05, 0) is 36.4 Å². The molecule has 0 saturated carbocycles. The van der Waals surface area contributed by atoms with Gasteiger partial charge < -0.3 is 9.52 Å². The van der Waals surface area contributed by atoms with Crippen LogP contribution in [0.2, 0.25) is 5.02 Å². The summed E-state index contributed by atoms with van der Waals surface area (Å²) in [7, 11) is 2.55. The minimum Gasteiger partial charge on any atom is -0.478 e. The van der Waals surface area contributed by atoms with Crippen molar-refractivity contribution < 1.29 is 28.7 Å². The first-order valence-electron chi connectivity index (χ1n) is 7.65. The minimum atomic E-state index is -1.18. The Labute approximate surface area is 158 Å². The highest BCUT2D eigenvalue weighted by molar-refractivity contribution is 6.33. The van der Waals surface area contributed by atoms with Crippen LogP contribution in [-0.2, 0) is 9.59 Å². The van der Waals surface area contributed by atoms with Gasteiger partial charge in [0.15, 0.2) is 0 Å². The Morgan fingerprint density at radius 3 is 2.30 bits per heavy atom. The van der Waals surface area contributed by atoms with Crippen LogP contribution in [0.3, 0.4) is 0 Å². The number of rotatable bonds is 3. The van der Waals surface area contributed by atoms with Crippen molar-refractivity contribution >= 4 is 41.5 Å².